The summed E-state index contributed by atoms with van der Waals surface area (Å²) < 4.78 is 13.1. The Kier molecular flexibility index (Phi) is 3.67. The van der Waals surface area contributed by atoms with Gasteiger partial charge in [-0.2, -0.15) is 0 Å². The number of hydrogen-bond donors (Lipinski definition) is 1. The van der Waals surface area contributed by atoms with Crippen LogP contribution in [0.25, 0.3) is 0 Å². The number of nitrogens with zero attached hydrogens (tertiary/aromatic N) is 2. The van der Waals surface area contributed by atoms with Gasteiger partial charge in [-0.15, -0.1) is 0 Å². The van der Waals surface area contributed by atoms with Crippen molar-refractivity contribution in [1.82, 2.24) is 15.3 Å². The van der Waals surface area contributed by atoms with E-state index in [0.29, 0.717) is 0 Å². The largest absolute Gasteiger partial charge is 0.308 e. The lowest BCUT2D eigenvalue weighted by molar-refractivity contribution is 0.618. The monoisotopic (exact) mass is 245 g/mol. The summed E-state index contributed by atoms with van der Waals surface area (Å²) in [5.41, 5.74) is 3.62. The Bertz CT molecular complexity index is 537. The van der Waals surface area contributed by atoms with Crippen LogP contribution in [0.5, 0.6) is 0 Å². The molecule has 2 rings (SSSR count). The molecule has 3 nitrogen and oxygen atoms in total. The highest BCUT2D eigenvalue weighted by Crippen LogP contribution is 2.23. The Hall–Kier alpha value is -1.81. The van der Waals surface area contributed by atoms with E-state index in [9.17, 15) is 4.39 Å². The SMILES string of the molecule is CNC(c1cnc(C)cn1)c1ccc(F)cc1C. The van der Waals surface area contributed by atoms with E-state index < -0.39 is 0 Å². The van der Waals surface area contributed by atoms with Crippen molar-refractivity contribution in [3.05, 3.63) is 58.9 Å². The molecule has 4 heteroatoms. The van der Waals surface area contributed by atoms with Crippen molar-refractivity contribution in [2.45, 2.75) is 19.9 Å². The van der Waals surface area contributed by atoms with Gasteiger partial charge < -0.3 is 5.32 Å². The Labute approximate surface area is 106 Å². The molecule has 2 aromatic rings. The van der Waals surface area contributed by atoms with Gasteiger partial charge >= 0.3 is 0 Å². The number of aryl methyl sites for hydroxylation is 2. The smallest absolute Gasteiger partial charge is 0.123 e. The first-order valence-electron chi connectivity index (χ1n) is 5.83. The Morgan fingerprint density at radius 1 is 1.17 bits per heavy atom. The van der Waals surface area contributed by atoms with Gasteiger partial charge in [0.05, 0.1) is 23.6 Å². The molecule has 1 atom stereocenters. The molecule has 0 aliphatic carbocycles. The molecule has 1 aromatic carbocycles. The molecule has 0 bridgehead atoms. The first-order chi connectivity index (χ1) is 8.61. The van der Waals surface area contributed by atoms with Crippen LogP contribution < -0.4 is 5.32 Å². The molecular weight excluding hydrogens is 229 g/mol. The van der Waals surface area contributed by atoms with Crippen LogP contribution in [-0.4, -0.2) is 17.0 Å². The van der Waals surface area contributed by atoms with Gasteiger partial charge in [0.25, 0.3) is 0 Å². The molecule has 0 saturated heterocycles. The van der Waals surface area contributed by atoms with E-state index in [4.69, 9.17) is 0 Å². The average Bonchev–Trinajstić information content (AvgIpc) is 2.35. The minimum Gasteiger partial charge on any atom is -0.308 e. The molecule has 0 aliphatic heterocycles. The van der Waals surface area contributed by atoms with Crippen LogP contribution >= 0.6 is 0 Å². The zero-order valence-electron chi connectivity index (χ0n) is 10.7. The maximum atomic E-state index is 13.1. The summed E-state index contributed by atoms with van der Waals surface area (Å²) in [5.74, 6) is -0.221. The summed E-state index contributed by atoms with van der Waals surface area (Å²) in [4.78, 5) is 8.61. The Morgan fingerprint density at radius 2 is 1.94 bits per heavy atom. The van der Waals surface area contributed by atoms with Crippen molar-refractivity contribution in [2.75, 3.05) is 7.05 Å². The topological polar surface area (TPSA) is 37.8 Å². The van der Waals surface area contributed by atoms with E-state index in [1.807, 2.05) is 20.9 Å². The number of nitrogens with one attached hydrogen (secondary N) is 1. The van der Waals surface area contributed by atoms with E-state index >= 15 is 0 Å². The van der Waals surface area contributed by atoms with E-state index in [1.165, 1.54) is 12.1 Å². The third-order valence-electron chi connectivity index (χ3n) is 2.93. The van der Waals surface area contributed by atoms with Gasteiger partial charge in [-0.3, -0.25) is 9.97 Å². The lowest BCUT2D eigenvalue weighted by Crippen LogP contribution is -2.20. The number of hydrogen-bond acceptors (Lipinski definition) is 3. The first kappa shape index (κ1) is 12.6. The minimum absolute atomic E-state index is 0.0706. The molecule has 1 aromatic heterocycles. The van der Waals surface area contributed by atoms with Gasteiger partial charge in [-0.25, -0.2) is 4.39 Å². The molecule has 0 aliphatic rings. The van der Waals surface area contributed by atoms with Crippen molar-refractivity contribution >= 4 is 0 Å². The predicted molar refractivity (Wildman–Crippen MR) is 68.8 cm³/mol. The second-order valence-electron chi connectivity index (χ2n) is 4.31. The van der Waals surface area contributed by atoms with Gasteiger partial charge in [-0.05, 0) is 44.2 Å². The quantitative estimate of drug-likeness (QED) is 0.903. The zero-order valence-corrected chi connectivity index (χ0v) is 10.7. The normalized spacial score (nSPS) is 12.4. The van der Waals surface area contributed by atoms with Crippen molar-refractivity contribution in [3.8, 4) is 0 Å². The number of halogens is 1. The third kappa shape index (κ3) is 2.54. The zero-order chi connectivity index (χ0) is 13.1. The van der Waals surface area contributed by atoms with Gasteiger partial charge in [0.1, 0.15) is 5.82 Å². The van der Waals surface area contributed by atoms with Gasteiger partial charge in [0.2, 0.25) is 0 Å². The van der Waals surface area contributed by atoms with E-state index in [-0.39, 0.29) is 11.9 Å². The second kappa shape index (κ2) is 5.23. The molecular formula is C14H16FN3. The van der Waals surface area contributed by atoms with Gasteiger partial charge in [-0.1, -0.05) is 6.07 Å². The fourth-order valence-electron chi connectivity index (χ4n) is 1.98. The third-order valence-corrected chi connectivity index (χ3v) is 2.93. The summed E-state index contributed by atoms with van der Waals surface area (Å²) in [6.07, 6.45) is 3.48. The molecule has 0 radical (unpaired) electrons. The highest BCUT2D eigenvalue weighted by atomic mass is 19.1. The summed E-state index contributed by atoms with van der Waals surface area (Å²) in [7, 11) is 1.86. The van der Waals surface area contributed by atoms with Crippen LogP contribution in [0.2, 0.25) is 0 Å². The number of rotatable bonds is 3. The lowest BCUT2D eigenvalue weighted by atomic mass is 9.99. The van der Waals surface area contributed by atoms with Crippen LogP contribution in [0, 0.1) is 19.7 Å². The molecule has 0 fully saturated rings. The Balaban J connectivity index is 2.41. The van der Waals surface area contributed by atoms with E-state index in [0.717, 1.165) is 22.5 Å². The lowest BCUT2D eigenvalue weighted by Gasteiger charge is -2.18. The highest BCUT2D eigenvalue weighted by Gasteiger charge is 2.16. The standard InChI is InChI=1S/C14H16FN3/c1-9-6-11(15)4-5-12(9)14(16-3)13-8-17-10(2)7-18-13/h4-8,14,16H,1-3H3. The van der Waals surface area contributed by atoms with Crippen LogP contribution in [0.4, 0.5) is 4.39 Å². The Morgan fingerprint density at radius 3 is 2.50 bits per heavy atom. The van der Waals surface area contributed by atoms with Crippen LogP contribution in [0.1, 0.15) is 28.6 Å². The molecule has 1 N–H and O–H groups in total. The molecule has 0 amide bonds. The van der Waals surface area contributed by atoms with Crippen molar-refractivity contribution in [1.29, 1.82) is 0 Å². The number of benzene rings is 1. The van der Waals surface area contributed by atoms with Crippen LogP contribution in [0.3, 0.4) is 0 Å². The molecule has 18 heavy (non-hydrogen) atoms. The minimum atomic E-state index is -0.221. The summed E-state index contributed by atoms with van der Waals surface area (Å²) >= 11 is 0. The van der Waals surface area contributed by atoms with E-state index in [2.05, 4.69) is 15.3 Å². The number of aromatic nitrogens is 2. The molecule has 0 spiro atoms. The fourth-order valence-corrected chi connectivity index (χ4v) is 1.98. The predicted octanol–water partition coefficient (Wildman–Crippen LogP) is 2.54. The van der Waals surface area contributed by atoms with Crippen molar-refractivity contribution < 1.29 is 4.39 Å². The summed E-state index contributed by atoms with van der Waals surface area (Å²) in [6, 6.07) is 4.71. The molecule has 0 saturated carbocycles. The van der Waals surface area contributed by atoms with Crippen LogP contribution in [-0.2, 0) is 0 Å². The first-order valence-corrected chi connectivity index (χ1v) is 5.83. The van der Waals surface area contributed by atoms with Crippen molar-refractivity contribution in [3.63, 3.8) is 0 Å². The van der Waals surface area contributed by atoms with E-state index in [1.54, 1.807) is 18.5 Å². The summed E-state index contributed by atoms with van der Waals surface area (Å²) in [6.45, 7) is 3.79. The maximum absolute atomic E-state index is 13.1. The molecule has 1 heterocycles. The second-order valence-corrected chi connectivity index (χ2v) is 4.31. The molecule has 94 valence electrons. The fraction of sp³-hybridized carbons (Fsp3) is 0.286. The average molecular weight is 245 g/mol. The maximum Gasteiger partial charge on any atom is 0.123 e. The molecule has 1 unspecified atom stereocenters. The van der Waals surface area contributed by atoms with Gasteiger partial charge in [0, 0.05) is 6.20 Å². The summed E-state index contributed by atoms with van der Waals surface area (Å²) in [5, 5.41) is 3.19. The van der Waals surface area contributed by atoms with Crippen molar-refractivity contribution in [2.24, 2.45) is 0 Å². The van der Waals surface area contributed by atoms with Crippen LogP contribution in [0.15, 0.2) is 30.6 Å². The highest BCUT2D eigenvalue weighted by molar-refractivity contribution is 5.34. The van der Waals surface area contributed by atoms with Gasteiger partial charge in [0.15, 0.2) is 0 Å².